The Labute approximate surface area is 103 Å². The van der Waals surface area contributed by atoms with E-state index >= 15 is 0 Å². The van der Waals surface area contributed by atoms with Crippen LogP contribution in [-0.4, -0.2) is 17.3 Å². The van der Waals surface area contributed by atoms with Crippen molar-refractivity contribution in [1.82, 2.24) is 0 Å². The van der Waals surface area contributed by atoms with Gasteiger partial charge in [-0.15, -0.1) is 0 Å². The van der Waals surface area contributed by atoms with E-state index in [-0.39, 0.29) is 6.10 Å². The summed E-state index contributed by atoms with van der Waals surface area (Å²) >= 11 is 0. The molecule has 1 N–H and O–H groups in total. The highest BCUT2D eigenvalue weighted by Gasteiger charge is 2.29. The van der Waals surface area contributed by atoms with Crippen LogP contribution >= 0.6 is 0 Å². The average Bonchev–Trinajstić information content (AvgIpc) is 2.95. The summed E-state index contributed by atoms with van der Waals surface area (Å²) in [5.41, 5.74) is 3.92. The van der Waals surface area contributed by atoms with Crippen molar-refractivity contribution in [3.63, 3.8) is 0 Å². The molecule has 2 heteroatoms. The maximum Gasteiger partial charge on any atom is 0.105 e. The van der Waals surface area contributed by atoms with Gasteiger partial charge in [-0.2, -0.15) is 0 Å². The predicted molar refractivity (Wildman–Crippen MR) is 67.0 cm³/mol. The molecule has 3 unspecified atom stereocenters. The largest absolute Gasteiger partial charge is 0.386 e. The number of benzene rings is 1. The van der Waals surface area contributed by atoms with Gasteiger partial charge in [-0.25, -0.2) is 0 Å². The van der Waals surface area contributed by atoms with Gasteiger partial charge in [0.1, 0.15) is 6.10 Å². The number of ether oxygens (including phenoxy) is 1. The van der Waals surface area contributed by atoms with Crippen LogP contribution in [0.25, 0.3) is 0 Å². The standard InChI is InChI=1S/C15H20O2/c1-10-5-8-14(17-10)15(16)13-7-6-11-3-2-4-12(11)9-13/h6-7,9-10,14-16H,2-5,8H2,1H3. The van der Waals surface area contributed by atoms with Gasteiger partial charge in [0.15, 0.2) is 0 Å². The molecule has 1 saturated heterocycles. The number of rotatable bonds is 2. The maximum absolute atomic E-state index is 10.3. The van der Waals surface area contributed by atoms with E-state index in [9.17, 15) is 5.11 Å². The maximum atomic E-state index is 10.3. The van der Waals surface area contributed by atoms with Crippen molar-refractivity contribution in [2.75, 3.05) is 0 Å². The molecule has 0 aromatic heterocycles. The van der Waals surface area contributed by atoms with E-state index in [0.29, 0.717) is 6.10 Å². The lowest BCUT2D eigenvalue weighted by Gasteiger charge is -2.19. The molecule has 0 radical (unpaired) electrons. The molecule has 0 bridgehead atoms. The second kappa shape index (κ2) is 4.43. The fraction of sp³-hybridized carbons (Fsp3) is 0.600. The predicted octanol–water partition coefficient (Wildman–Crippen LogP) is 2.78. The minimum absolute atomic E-state index is 0.00977. The molecule has 0 amide bonds. The van der Waals surface area contributed by atoms with E-state index in [0.717, 1.165) is 24.8 Å². The summed E-state index contributed by atoms with van der Waals surface area (Å²) < 4.78 is 5.75. The van der Waals surface area contributed by atoms with Crippen molar-refractivity contribution in [1.29, 1.82) is 0 Å². The number of aliphatic hydroxyl groups excluding tert-OH is 1. The highest BCUT2D eigenvalue weighted by atomic mass is 16.5. The highest BCUT2D eigenvalue weighted by Crippen LogP contribution is 2.32. The first kappa shape index (κ1) is 11.2. The molecule has 1 aromatic carbocycles. The second-order valence-corrected chi connectivity index (χ2v) is 5.39. The lowest BCUT2D eigenvalue weighted by Crippen LogP contribution is -2.18. The molecule has 1 heterocycles. The van der Waals surface area contributed by atoms with E-state index in [1.54, 1.807) is 0 Å². The molecule has 2 aliphatic rings. The topological polar surface area (TPSA) is 29.5 Å². The molecule has 1 aliphatic carbocycles. The minimum Gasteiger partial charge on any atom is -0.386 e. The Morgan fingerprint density at radius 2 is 2.06 bits per heavy atom. The van der Waals surface area contributed by atoms with Crippen LogP contribution in [0.3, 0.4) is 0 Å². The third kappa shape index (κ3) is 2.12. The Morgan fingerprint density at radius 1 is 1.24 bits per heavy atom. The van der Waals surface area contributed by atoms with E-state index in [1.807, 2.05) is 0 Å². The van der Waals surface area contributed by atoms with Crippen LogP contribution in [0.2, 0.25) is 0 Å². The van der Waals surface area contributed by atoms with Gasteiger partial charge in [0.2, 0.25) is 0 Å². The lowest BCUT2D eigenvalue weighted by molar-refractivity contribution is -0.0297. The van der Waals surface area contributed by atoms with Crippen molar-refractivity contribution in [3.8, 4) is 0 Å². The van der Waals surface area contributed by atoms with E-state index in [1.165, 1.54) is 24.0 Å². The first-order valence-electron chi connectivity index (χ1n) is 6.69. The fourth-order valence-electron chi connectivity index (χ4n) is 3.06. The van der Waals surface area contributed by atoms with Crippen molar-refractivity contribution in [3.05, 3.63) is 34.9 Å². The molecule has 3 atom stereocenters. The zero-order valence-corrected chi connectivity index (χ0v) is 10.4. The Balaban J connectivity index is 1.79. The quantitative estimate of drug-likeness (QED) is 0.849. The van der Waals surface area contributed by atoms with Crippen molar-refractivity contribution in [2.45, 2.75) is 57.3 Å². The zero-order valence-electron chi connectivity index (χ0n) is 10.4. The Morgan fingerprint density at radius 3 is 2.82 bits per heavy atom. The van der Waals surface area contributed by atoms with Gasteiger partial charge in [-0.3, -0.25) is 0 Å². The van der Waals surface area contributed by atoms with Gasteiger partial charge in [-0.1, -0.05) is 18.2 Å². The Kier molecular flexibility index (Phi) is 2.93. The SMILES string of the molecule is CC1CCC(C(O)c2ccc3c(c2)CCC3)O1. The first-order chi connectivity index (χ1) is 8.24. The van der Waals surface area contributed by atoms with Gasteiger partial charge in [-0.05, 0) is 55.7 Å². The molecule has 3 rings (SSSR count). The van der Waals surface area contributed by atoms with Crippen LogP contribution < -0.4 is 0 Å². The van der Waals surface area contributed by atoms with Crippen LogP contribution in [0.5, 0.6) is 0 Å². The van der Waals surface area contributed by atoms with Crippen LogP contribution in [0, 0.1) is 0 Å². The summed E-state index contributed by atoms with van der Waals surface area (Å²) in [5.74, 6) is 0. The van der Waals surface area contributed by atoms with Gasteiger partial charge in [0.25, 0.3) is 0 Å². The van der Waals surface area contributed by atoms with E-state index < -0.39 is 6.10 Å². The number of aliphatic hydroxyl groups is 1. The van der Waals surface area contributed by atoms with Crippen LogP contribution in [0.15, 0.2) is 18.2 Å². The molecule has 1 aliphatic heterocycles. The molecule has 17 heavy (non-hydrogen) atoms. The summed E-state index contributed by atoms with van der Waals surface area (Å²) in [4.78, 5) is 0. The zero-order chi connectivity index (χ0) is 11.8. The lowest BCUT2D eigenvalue weighted by atomic mass is 9.98. The molecular formula is C15H20O2. The van der Waals surface area contributed by atoms with Crippen molar-refractivity contribution in [2.24, 2.45) is 0 Å². The Hall–Kier alpha value is -0.860. The van der Waals surface area contributed by atoms with Gasteiger partial charge < -0.3 is 9.84 Å². The normalized spacial score (nSPS) is 29.3. The summed E-state index contributed by atoms with van der Waals surface area (Å²) in [5, 5.41) is 10.3. The van der Waals surface area contributed by atoms with Crippen LogP contribution in [0.4, 0.5) is 0 Å². The third-order valence-corrected chi connectivity index (χ3v) is 4.08. The third-order valence-electron chi connectivity index (χ3n) is 4.08. The minimum atomic E-state index is -0.453. The van der Waals surface area contributed by atoms with Gasteiger partial charge in [0, 0.05) is 0 Å². The van der Waals surface area contributed by atoms with E-state index in [2.05, 4.69) is 25.1 Å². The first-order valence-corrected chi connectivity index (χ1v) is 6.69. The van der Waals surface area contributed by atoms with Crippen molar-refractivity contribution < 1.29 is 9.84 Å². The highest BCUT2D eigenvalue weighted by molar-refractivity contribution is 5.36. The monoisotopic (exact) mass is 232 g/mol. The molecule has 2 nitrogen and oxygen atoms in total. The molecular weight excluding hydrogens is 212 g/mol. The van der Waals surface area contributed by atoms with Crippen LogP contribution in [0.1, 0.15) is 49.0 Å². The molecule has 0 saturated carbocycles. The summed E-state index contributed by atoms with van der Waals surface area (Å²) in [6, 6.07) is 6.43. The second-order valence-electron chi connectivity index (χ2n) is 5.39. The molecule has 1 aromatic rings. The number of hydrogen-bond acceptors (Lipinski definition) is 2. The molecule has 92 valence electrons. The molecule has 0 spiro atoms. The summed E-state index contributed by atoms with van der Waals surface area (Å²) in [6.07, 6.45) is 5.48. The van der Waals surface area contributed by atoms with Crippen LogP contribution in [-0.2, 0) is 17.6 Å². The van der Waals surface area contributed by atoms with Gasteiger partial charge in [0.05, 0.1) is 12.2 Å². The summed E-state index contributed by atoms with van der Waals surface area (Å²) in [7, 11) is 0. The number of fused-ring (bicyclic) bond motifs is 1. The van der Waals surface area contributed by atoms with Crippen molar-refractivity contribution >= 4 is 0 Å². The van der Waals surface area contributed by atoms with E-state index in [4.69, 9.17) is 4.74 Å². The summed E-state index contributed by atoms with van der Waals surface area (Å²) in [6.45, 7) is 2.08. The number of aryl methyl sites for hydroxylation is 2. The fourth-order valence-corrected chi connectivity index (χ4v) is 3.06. The average molecular weight is 232 g/mol. The smallest absolute Gasteiger partial charge is 0.105 e. The Bertz CT molecular complexity index is 413. The van der Waals surface area contributed by atoms with Gasteiger partial charge >= 0.3 is 0 Å². The molecule has 1 fully saturated rings. The number of hydrogen-bond donors (Lipinski definition) is 1.